The lowest BCUT2D eigenvalue weighted by Gasteiger charge is -2.26. The summed E-state index contributed by atoms with van der Waals surface area (Å²) in [6.07, 6.45) is 4.41. The van der Waals surface area contributed by atoms with Crippen LogP contribution in [-0.2, 0) is 5.41 Å². The lowest BCUT2D eigenvalue weighted by molar-refractivity contribution is 0.639. The Morgan fingerprint density at radius 1 is 1.07 bits per heavy atom. The van der Waals surface area contributed by atoms with Crippen molar-refractivity contribution in [2.24, 2.45) is 0 Å². The Morgan fingerprint density at radius 2 is 1.69 bits per heavy atom. The van der Waals surface area contributed by atoms with Crippen LogP contribution in [0.1, 0.15) is 51.7 Å². The monoisotopic (exact) mass is 386 g/mol. The molecule has 0 radical (unpaired) electrons. The standard InChI is InChI=1S/C27H34N2/c1-19(2)22-13-9-11-15-24(22)28(7)21(4)17-20(3)18-26-27(5,6)23-14-10-12-16-25(23)29(26)8/h9-19H,3H2,1-2,4-8H3/b21-17+,26-18+. The second-order valence-electron chi connectivity index (χ2n) is 8.86. The van der Waals surface area contributed by atoms with Crippen molar-refractivity contribution in [1.29, 1.82) is 0 Å². The molecule has 0 fully saturated rings. The second kappa shape index (κ2) is 7.94. The number of nitrogens with zero attached hydrogens (tertiary/aromatic N) is 2. The molecule has 0 saturated heterocycles. The van der Waals surface area contributed by atoms with Gasteiger partial charge in [0, 0.05) is 42.3 Å². The Morgan fingerprint density at radius 3 is 2.34 bits per heavy atom. The van der Waals surface area contributed by atoms with E-state index < -0.39 is 0 Å². The topological polar surface area (TPSA) is 6.48 Å². The predicted octanol–water partition coefficient (Wildman–Crippen LogP) is 7.02. The molecular formula is C27H34N2. The zero-order valence-corrected chi connectivity index (χ0v) is 19.0. The number of benzene rings is 2. The summed E-state index contributed by atoms with van der Waals surface area (Å²) < 4.78 is 0. The van der Waals surface area contributed by atoms with Crippen LogP contribution in [0.2, 0.25) is 0 Å². The van der Waals surface area contributed by atoms with Gasteiger partial charge in [-0.3, -0.25) is 0 Å². The molecule has 0 bridgehead atoms. The molecular weight excluding hydrogens is 352 g/mol. The van der Waals surface area contributed by atoms with Gasteiger partial charge < -0.3 is 9.80 Å². The molecule has 0 spiro atoms. The van der Waals surface area contributed by atoms with Crippen LogP contribution in [0.3, 0.4) is 0 Å². The third kappa shape index (κ3) is 3.89. The molecule has 0 atom stereocenters. The number of hydrogen-bond donors (Lipinski definition) is 0. The molecule has 2 heteroatoms. The van der Waals surface area contributed by atoms with Crippen molar-refractivity contribution < 1.29 is 0 Å². The Bertz CT molecular complexity index is 976. The first-order valence-electron chi connectivity index (χ1n) is 10.4. The fraction of sp³-hybridized carbons (Fsp3) is 0.333. The van der Waals surface area contributed by atoms with E-state index in [2.05, 4.69) is 126 Å². The molecule has 152 valence electrons. The van der Waals surface area contributed by atoms with Crippen LogP contribution in [0.25, 0.3) is 0 Å². The Hall–Kier alpha value is -2.74. The summed E-state index contributed by atoms with van der Waals surface area (Å²) in [5.74, 6) is 0.484. The Balaban J connectivity index is 1.89. The molecule has 0 unspecified atom stereocenters. The maximum atomic E-state index is 4.35. The van der Waals surface area contributed by atoms with Crippen molar-refractivity contribution in [1.82, 2.24) is 0 Å². The molecule has 2 aromatic rings. The molecule has 1 heterocycles. The van der Waals surface area contributed by atoms with Crippen LogP contribution < -0.4 is 9.80 Å². The van der Waals surface area contributed by atoms with Crippen molar-refractivity contribution in [3.63, 3.8) is 0 Å². The molecule has 1 aliphatic heterocycles. The first-order chi connectivity index (χ1) is 13.6. The average Bonchev–Trinajstić information content (AvgIpc) is 2.88. The van der Waals surface area contributed by atoms with Crippen molar-refractivity contribution in [3.8, 4) is 0 Å². The van der Waals surface area contributed by atoms with Crippen LogP contribution in [-0.4, -0.2) is 14.1 Å². The van der Waals surface area contributed by atoms with E-state index >= 15 is 0 Å². The molecule has 0 aliphatic carbocycles. The molecule has 2 nitrogen and oxygen atoms in total. The molecule has 1 aliphatic rings. The quantitative estimate of drug-likeness (QED) is 0.510. The summed E-state index contributed by atoms with van der Waals surface area (Å²) in [4.78, 5) is 4.55. The number of para-hydroxylation sites is 2. The van der Waals surface area contributed by atoms with Crippen LogP contribution in [0.15, 0.2) is 84.2 Å². The summed E-state index contributed by atoms with van der Waals surface area (Å²) in [7, 11) is 4.28. The van der Waals surface area contributed by atoms with Crippen molar-refractivity contribution in [2.45, 2.75) is 46.0 Å². The van der Waals surface area contributed by atoms with Gasteiger partial charge in [-0.25, -0.2) is 0 Å². The number of anilines is 2. The minimum atomic E-state index is -0.0355. The Kier molecular flexibility index (Phi) is 5.75. The van der Waals surface area contributed by atoms with Gasteiger partial charge in [0.25, 0.3) is 0 Å². The highest BCUT2D eigenvalue weighted by molar-refractivity contribution is 5.70. The summed E-state index contributed by atoms with van der Waals surface area (Å²) >= 11 is 0. The van der Waals surface area contributed by atoms with Crippen molar-refractivity contribution in [2.75, 3.05) is 23.9 Å². The maximum absolute atomic E-state index is 4.35. The third-order valence-corrected chi connectivity index (χ3v) is 6.11. The van der Waals surface area contributed by atoms with Crippen molar-refractivity contribution in [3.05, 3.63) is 95.4 Å². The van der Waals surface area contributed by atoms with Gasteiger partial charge in [0.1, 0.15) is 0 Å². The van der Waals surface area contributed by atoms with Gasteiger partial charge in [0.05, 0.1) is 0 Å². The summed E-state index contributed by atoms with van der Waals surface area (Å²) in [6, 6.07) is 17.3. The van der Waals surface area contributed by atoms with E-state index in [1.807, 2.05) is 0 Å². The van der Waals surface area contributed by atoms with Crippen LogP contribution in [0.4, 0.5) is 11.4 Å². The molecule has 0 amide bonds. The first-order valence-corrected chi connectivity index (χ1v) is 10.4. The van der Waals surface area contributed by atoms with Gasteiger partial charge in [-0.2, -0.15) is 0 Å². The fourth-order valence-corrected chi connectivity index (χ4v) is 4.31. The highest BCUT2D eigenvalue weighted by atomic mass is 15.2. The zero-order valence-electron chi connectivity index (χ0n) is 19.0. The zero-order chi connectivity index (χ0) is 21.3. The fourth-order valence-electron chi connectivity index (χ4n) is 4.31. The SMILES string of the molecule is C=C(/C=C(\C)N(C)c1ccccc1C(C)C)/C=C1/N(C)c2ccccc2C1(C)C. The lowest BCUT2D eigenvalue weighted by Crippen LogP contribution is -2.23. The predicted molar refractivity (Wildman–Crippen MR) is 128 cm³/mol. The summed E-state index contributed by atoms with van der Waals surface area (Å²) in [5.41, 5.74) is 8.69. The van der Waals surface area contributed by atoms with Crippen molar-refractivity contribution >= 4 is 11.4 Å². The summed E-state index contributed by atoms with van der Waals surface area (Å²) in [6.45, 7) is 15.6. The van der Waals surface area contributed by atoms with E-state index in [1.54, 1.807) is 0 Å². The number of allylic oxidation sites excluding steroid dienone is 5. The molecule has 0 aromatic heterocycles. The second-order valence-corrected chi connectivity index (χ2v) is 8.86. The van der Waals surface area contributed by atoms with E-state index in [0.717, 1.165) is 5.57 Å². The van der Waals surface area contributed by atoms with Gasteiger partial charge in [-0.15, -0.1) is 0 Å². The van der Waals surface area contributed by atoms with E-state index in [9.17, 15) is 0 Å². The number of likely N-dealkylation sites (N-methyl/N-ethyl adjacent to an activating group) is 1. The smallest absolute Gasteiger partial charge is 0.0447 e. The maximum Gasteiger partial charge on any atom is 0.0447 e. The average molecular weight is 387 g/mol. The van der Waals surface area contributed by atoms with Crippen LogP contribution in [0.5, 0.6) is 0 Å². The molecule has 0 saturated carbocycles. The largest absolute Gasteiger partial charge is 0.348 e. The summed E-state index contributed by atoms with van der Waals surface area (Å²) in [5, 5.41) is 0. The lowest BCUT2D eigenvalue weighted by atomic mass is 9.83. The molecule has 29 heavy (non-hydrogen) atoms. The highest BCUT2D eigenvalue weighted by Crippen LogP contribution is 2.47. The molecule has 0 N–H and O–H groups in total. The van der Waals surface area contributed by atoms with E-state index in [0.29, 0.717) is 5.92 Å². The highest BCUT2D eigenvalue weighted by Gasteiger charge is 2.37. The minimum Gasteiger partial charge on any atom is -0.348 e. The third-order valence-electron chi connectivity index (χ3n) is 6.11. The van der Waals surface area contributed by atoms with E-state index in [4.69, 9.17) is 0 Å². The van der Waals surface area contributed by atoms with Crippen LogP contribution in [0, 0.1) is 0 Å². The van der Waals surface area contributed by atoms with Gasteiger partial charge in [-0.05, 0) is 53.8 Å². The molecule has 2 aromatic carbocycles. The normalized spacial score (nSPS) is 17.0. The number of hydrogen-bond acceptors (Lipinski definition) is 2. The van der Waals surface area contributed by atoms with Crippen LogP contribution >= 0.6 is 0 Å². The number of rotatable bonds is 5. The number of fused-ring (bicyclic) bond motifs is 1. The van der Waals surface area contributed by atoms with Gasteiger partial charge >= 0.3 is 0 Å². The van der Waals surface area contributed by atoms with E-state index in [1.165, 1.54) is 33.9 Å². The minimum absolute atomic E-state index is 0.0355. The van der Waals surface area contributed by atoms with Gasteiger partial charge in [-0.1, -0.05) is 70.7 Å². The van der Waals surface area contributed by atoms with Gasteiger partial charge in [0.2, 0.25) is 0 Å². The van der Waals surface area contributed by atoms with Gasteiger partial charge in [0.15, 0.2) is 0 Å². The first kappa shape index (κ1) is 21.0. The van der Waals surface area contributed by atoms with E-state index in [-0.39, 0.29) is 5.41 Å². The molecule has 3 rings (SSSR count). The Labute approximate surface area is 176 Å².